The van der Waals surface area contributed by atoms with E-state index in [-0.39, 0.29) is 24.5 Å². The van der Waals surface area contributed by atoms with Crippen LogP contribution < -0.4 is 4.90 Å². The van der Waals surface area contributed by atoms with Crippen molar-refractivity contribution in [2.45, 2.75) is 13.0 Å². The molecule has 2 heterocycles. The summed E-state index contributed by atoms with van der Waals surface area (Å²) in [6.45, 7) is 3.76. The molecular weight excluding hydrogens is 292 g/mol. The van der Waals surface area contributed by atoms with Gasteiger partial charge in [0.15, 0.2) is 0 Å². The smallest absolute Gasteiger partial charge is 0.259 e. The fourth-order valence-corrected chi connectivity index (χ4v) is 3.42. The Hall–Kier alpha value is -2.40. The topological polar surface area (TPSA) is 49.9 Å². The van der Waals surface area contributed by atoms with Crippen molar-refractivity contribution in [2.24, 2.45) is 0 Å². The van der Waals surface area contributed by atoms with Gasteiger partial charge in [0.1, 0.15) is 6.54 Å². The quantitative estimate of drug-likeness (QED) is 0.853. The van der Waals surface area contributed by atoms with E-state index in [4.69, 9.17) is 4.74 Å². The molecule has 4 rings (SSSR count). The third-order valence-electron chi connectivity index (χ3n) is 4.54. The lowest BCUT2D eigenvalue weighted by Gasteiger charge is -2.32. The highest BCUT2D eigenvalue weighted by atomic mass is 16.5. The van der Waals surface area contributed by atoms with Crippen LogP contribution in [0.25, 0.3) is 10.8 Å². The number of benzene rings is 2. The molecule has 0 spiro atoms. The Bertz CT molecular complexity index is 797. The largest absolute Gasteiger partial charge is 0.375 e. The maximum Gasteiger partial charge on any atom is 0.259 e. The second-order valence-corrected chi connectivity index (χ2v) is 6.09. The standard InChI is InChI=1S/C18H18N2O3/c1-12-10-19(8-9-23-12)16(21)11-20-15-7-3-5-13-4-2-6-14(17(13)15)18(20)22/h2-7,12H,8-11H2,1H3/t12-/m0/s1. The van der Waals surface area contributed by atoms with Gasteiger partial charge >= 0.3 is 0 Å². The summed E-state index contributed by atoms with van der Waals surface area (Å²) in [7, 11) is 0. The number of ether oxygens (including phenoxy) is 1. The Morgan fingerprint density at radius 1 is 1.26 bits per heavy atom. The SMILES string of the molecule is C[C@H]1CN(C(=O)CN2C(=O)c3cccc4cccc2c34)CCO1. The zero-order valence-electron chi connectivity index (χ0n) is 13.0. The van der Waals surface area contributed by atoms with Crippen LogP contribution in [0.3, 0.4) is 0 Å². The molecule has 5 heteroatoms. The Morgan fingerprint density at radius 3 is 2.83 bits per heavy atom. The van der Waals surface area contributed by atoms with E-state index >= 15 is 0 Å². The summed E-state index contributed by atoms with van der Waals surface area (Å²) in [6.07, 6.45) is 0.0441. The van der Waals surface area contributed by atoms with Gasteiger partial charge in [0.2, 0.25) is 5.91 Å². The number of amides is 2. The number of rotatable bonds is 2. The molecule has 2 aromatic carbocycles. The third-order valence-corrected chi connectivity index (χ3v) is 4.54. The second-order valence-electron chi connectivity index (χ2n) is 6.09. The molecule has 0 unspecified atom stereocenters. The number of hydrogen-bond acceptors (Lipinski definition) is 3. The number of anilines is 1. The minimum Gasteiger partial charge on any atom is -0.375 e. The molecule has 0 radical (unpaired) electrons. The highest BCUT2D eigenvalue weighted by Gasteiger charge is 2.32. The highest BCUT2D eigenvalue weighted by molar-refractivity contribution is 6.26. The van der Waals surface area contributed by atoms with Crippen LogP contribution in [0.2, 0.25) is 0 Å². The summed E-state index contributed by atoms with van der Waals surface area (Å²) in [5, 5.41) is 1.98. The molecule has 2 aliphatic rings. The molecule has 1 atom stereocenters. The maximum absolute atomic E-state index is 12.7. The van der Waals surface area contributed by atoms with E-state index in [1.54, 1.807) is 9.80 Å². The van der Waals surface area contributed by atoms with Gasteiger partial charge in [-0.1, -0.05) is 24.3 Å². The molecular formula is C18H18N2O3. The van der Waals surface area contributed by atoms with Crippen LogP contribution in [0, 0.1) is 0 Å². The first kappa shape index (κ1) is 14.2. The lowest BCUT2D eigenvalue weighted by Crippen LogP contribution is -2.48. The van der Waals surface area contributed by atoms with Crippen molar-refractivity contribution in [1.29, 1.82) is 0 Å². The Kier molecular flexibility index (Phi) is 3.31. The molecule has 1 saturated heterocycles. The molecule has 0 N–H and O–H groups in total. The lowest BCUT2D eigenvalue weighted by atomic mass is 10.1. The minimum atomic E-state index is -0.0912. The van der Waals surface area contributed by atoms with Crippen LogP contribution in [-0.4, -0.2) is 49.1 Å². The van der Waals surface area contributed by atoms with E-state index < -0.39 is 0 Å². The molecule has 2 aliphatic heterocycles. The summed E-state index contributed by atoms with van der Waals surface area (Å²) >= 11 is 0. The van der Waals surface area contributed by atoms with E-state index in [2.05, 4.69) is 0 Å². The van der Waals surface area contributed by atoms with E-state index in [0.29, 0.717) is 25.3 Å². The van der Waals surface area contributed by atoms with Crippen LogP contribution in [0.15, 0.2) is 36.4 Å². The summed E-state index contributed by atoms with van der Waals surface area (Å²) in [5.74, 6) is -0.121. The molecule has 5 nitrogen and oxygen atoms in total. The molecule has 23 heavy (non-hydrogen) atoms. The van der Waals surface area contributed by atoms with Crippen molar-refractivity contribution >= 4 is 28.3 Å². The van der Waals surface area contributed by atoms with Crippen molar-refractivity contribution in [3.63, 3.8) is 0 Å². The zero-order chi connectivity index (χ0) is 16.0. The van der Waals surface area contributed by atoms with Crippen molar-refractivity contribution in [3.05, 3.63) is 42.0 Å². The summed E-state index contributed by atoms with van der Waals surface area (Å²) in [5.41, 5.74) is 1.51. The maximum atomic E-state index is 12.7. The first-order valence-corrected chi connectivity index (χ1v) is 7.88. The van der Waals surface area contributed by atoms with Crippen molar-refractivity contribution in [2.75, 3.05) is 31.1 Å². The second kappa shape index (κ2) is 5.35. The molecule has 2 aromatic rings. The van der Waals surface area contributed by atoms with Crippen LogP contribution in [0.4, 0.5) is 5.69 Å². The van der Waals surface area contributed by atoms with E-state index in [0.717, 1.165) is 16.5 Å². The Balaban J connectivity index is 1.63. The van der Waals surface area contributed by atoms with Gasteiger partial charge in [-0.25, -0.2) is 0 Å². The number of morpholine rings is 1. The summed E-state index contributed by atoms with van der Waals surface area (Å²) in [4.78, 5) is 28.7. The number of carbonyl (C=O) groups is 2. The predicted molar refractivity (Wildman–Crippen MR) is 87.6 cm³/mol. The van der Waals surface area contributed by atoms with Gasteiger partial charge in [0, 0.05) is 24.0 Å². The van der Waals surface area contributed by atoms with Gasteiger partial charge in [-0.3, -0.25) is 14.5 Å². The van der Waals surface area contributed by atoms with Gasteiger partial charge < -0.3 is 9.64 Å². The van der Waals surface area contributed by atoms with Gasteiger partial charge in [0.25, 0.3) is 5.91 Å². The van der Waals surface area contributed by atoms with Crippen LogP contribution in [0.1, 0.15) is 17.3 Å². The third kappa shape index (κ3) is 2.28. The van der Waals surface area contributed by atoms with Crippen molar-refractivity contribution < 1.29 is 14.3 Å². The van der Waals surface area contributed by atoms with Crippen LogP contribution in [0.5, 0.6) is 0 Å². The first-order valence-electron chi connectivity index (χ1n) is 7.88. The van der Waals surface area contributed by atoms with Gasteiger partial charge in [-0.15, -0.1) is 0 Å². The Morgan fingerprint density at radius 2 is 2.04 bits per heavy atom. The normalized spacial score (nSPS) is 20.4. The average Bonchev–Trinajstić information content (AvgIpc) is 2.83. The average molecular weight is 310 g/mol. The van der Waals surface area contributed by atoms with E-state index in [1.807, 2.05) is 43.3 Å². The fraction of sp³-hybridized carbons (Fsp3) is 0.333. The van der Waals surface area contributed by atoms with Gasteiger partial charge in [-0.05, 0) is 24.4 Å². The van der Waals surface area contributed by atoms with Crippen LogP contribution >= 0.6 is 0 Å². The number of hydrogen-bond donors (Lipinski definition) is 0. The van der Waals surface area contributed by atoms with Crippen molar-refractivity contribution in [3.8, 4) is 0 Å². The molecule has 118 valence electrons. The molecule has 0 saturated carbocycles. The highest BCUT2D eigenvalue weighted by Crippen LogP contribution is 2.37. The molecule has 0 aromatic heterocycles. The van der Waals surface area contributed by atoms with E-state index in [1.165, 1.54) is 0 Å². The van der Waals surface area contributed by atoms with E-state index in [9.17, 15) is 9.59 Å². The molecule has 0 aliphatic carbocycles. The lowest BCUT2D eigenvalue weighted by molar-refractivity contribution is -0.136. The monoisotopic (exact) mass is 310 g/mol. The van der Waals surface area contributed by atoms with Gasteiger partial charge in [0.05, 0.1) is 18.4 Å². The molecule has 1 fully saturated rings. The number of carbonyl (C=O) groups excluding carboxylic acids is 2. The predicted octanol–water partition coefficient (Wildman–Crippen LogP) is 2.05. The van der Waals surface area contributed by atoms with Crippen molar-refractivity contribution in [1.82, 2.24) is 4.90 Å². The summed E-state index contributed by atoms with van der Waals surface area (Å²) in [6, 6.07) is 11.5. The van der Waals surface area contributed by atoms with Gasteiger partial charge in [-0.2, -0.15) is 0 Å². The molecule has 0 bridgehead atoms. The molecule has 2 amide bonds. The number of nitrogens with zero attached hydrogens (tertiary/aromatic N) is 2. The van der Waals surface area contributed by atoms with Crippen LogP contribution in [-0.2, 0) is 9.53 Å². The fourth-order valence-electron chi connectivity index (χ4n) is 3.42. The minimum absolute atomic E-state index is 0.0293. The first-order chi connectivity index (χ1) is 11.1. The summed E-state index contributed by atoms with van der Waals surface area (Å²) < 4.78 is 5.47. The Labute approximate surface area is 134 Å². The zero-order valence-corrected chi connectivity index (χ0v) is 13.0.